The number of carbonyl (C=O) groups excluding carboxylic acids is 1. The third-order valence-corrected chi connectivity index (χ3v) is 9.37. The summed E-state index contributed by atoms with van der Waals surface area (Å²) in [4.78, 5) is 41.4. The molecule has 2 aliphatic rings. The van der Waals surface area contributed by atoms with Crippen molar-refractivity contribution in [3.05, 3.63) is 80.5 Å². The van der Waals surface area contributed by atoms with Gasteiger partial charge in [0, 0.05) is 92.2 Å². The van der Waals surface area contributed by atoms with E-state index in [1.165, 1.54) is 0 Å². The van der Waals surface area contributed by atoms with Crippen LogP contribution in [-0.4, -0.2) is 84.1 Å². The Morgan fingerprint density at radius 1 is 1.09 bits per heavy atom. The van der Waals surface area contributed by atoms with E-state index in [1.807, 2.05) is 39.1 Å². The normalized spacial score (nSPS) is 19.6. The number of rotatable bonds is 9. The summed E-state index contributed by atoms with van der Waals surface area (Å²) in [6, 6.07) is 11.2. The van der Waals surface area contributed by atoms with Crippen LogP contribution in [-0.2, 0) is 13.1 Å². The lowest BCUT2D eigenvalue weighted by Gasteiger charge is -2.39. The summed E-state index contributed by atoms with van der Waals surface area (Å²) in [7, 11) is 2.17. The zero-order chi connectivity index (χ0) is 31.4. The molecule has 0 bridgehead atoms. The molecule has 4 heterocycles. The van der Waals surface area contributed by atoms with Crippen LogP contribution >= 0.6 is 0 Å². The van der Waals surface area contributed by atoms with E-state index in [0.717, 1.165) is 98.0 Å². The van der Waals surface area contributed by atoms with Crippen LogP contribution in [0.4, 0.5) is 5.69 Å². The first-order chi connectivity index (χ1) is 21.1. The lowest BCUT2D eigenvalue weighted by Crippen LogP contribution is -2.47. The fraction of sp³-hybridized carbons (Fsp3) is 0.514. The smallest absolute Gasteiger partial charge is 0.253 e. The van der Waals surface area contributed by atoms with Gasteiger partial charge in [0.05, 0.1) is 5.69 Å². The number of nitrogens with one attached hydrogen (secondary N) is 3. The van der Waals surface area contributed by atoms with Crippen molar-refractivity contribution < 1.29 is 4.79 Å². The Morgan fingerprint density at radius 3 is 2.52 bits per heavy atom. The number of hydrogen-bond acceptors (Lipinski definition) is 7. The molecule has 9 heteroatoms. The maximum Gasteiger partial charge on any atom is 0.253 e. The van der Waals surface area contributed by atoms with Gasteiger partial charge < -0.3 is 25.4 Å². The molecule has 3 N–H and O–H groups in total. The van der Waals surface area contributed by atoms with Gasteiger partial charge in [-0.15, -0.1) is 0 Å². The summed E-state index contributed by atoms with van der Waals surface area (Å²) < 4.78 is 0. The van der Waals surface area contributed by atoms with Crippen LogP contribution in [0.2, 0.25) is 0 Å². The predicted molar refractivity (Wildman–Crippen MR) is 178 cm³/mol. The van der Waals surface area contributed by atoms with Gasteiger partial charge in [0.25, 0.3) is 11.5 Å². The standard InChI is InChI=1S/C35H49N7O2/c1-7-42(30-10-11-36-24(3)17-30)33-19-28(27-8-9-29(37-20-27)22-41-14-12-40(6)13-15-41)18-31(26(33)5)34(43)38-21-32-23(2)16-25(4)39-35(32)44/h8-9,16,18-20,24,30,36H,7,10-15,17,21-22H2,1-6H3,(H,38,43)(H,39,44). The van der Waals surface area contributed by atoms with Crippen molar-refractivity contribution in [2.24, 2.45) is 0 Å². The van der Waals surface area contributed by atoms with E-state index in [1.54, 1.807) is 0 Å². The molecule has 1 aromatic carbocycles. The molecule has 9 nitrogen and oxygen atoms in total. The number of nitrogens with zero attached hydrogens (tertiary/aromatic N) is 4. The second-order valence-electron chi connectivity index (χ2n) is 12.7. The van der Waals surface area contributed by atoms with Gasteiger partial charge in [-0.3, -0.25) is 19.5 Å². The zero-order valence-corrected chi connectivity index (χ0v) is 27.3. The third-order valence-electron chi connectivity index (χ3n) is 9.37. The molecule has 2 unspecified atom stereocenters. The fourth-order valence-electron chi connectivity index (χ4n) is 6.70. The Kier molecular flexibility index (Phi) is 10.2. The monoisotopic (exact) mass is 599 g/mol. The molecule has 2 saturated heterocycles. The Bertz CT molecular complexity index is 1510. The number of benzene rings is 1. The van der Waals surface area contributed by atoms with Gasteiger partial charge in [0.15, 0.2) is 0 Å². The van der Waals surface area contributed by atoms with E-state index in [0.29, 0.717) is 23.2 Å². The molecule has 236 valence electrons. The number of H-pyrrole nitrogens is 1. The van der Waals surface area contributed by atoms with Crippen LogP contribution < -0.4 is 21.1 Å². The molecule has 2 aliphatic heterocycles. The molecule has 3 aromatic rings. The first-order valence-corrected chi connectivity index (χ1v) is 16.1. The summed E-state index contributed by atoms with van der Waals surface area (Å²) in [5.41, 5.74) is 7.78. The molecule has 1 amide bonds. The van der Waals surface area contributed by atoms with E-state index < -0.39 is 0 Å². The molecule has 0 aliphatic carbocycles. The topological polar surface area (TPSA) is 96.6 Å². The van der Waals surface area contributed by atoms with Gasteiger partial charge >= 0.3 is 0 Å². The van der Waals surface area contributed by atoms with Crippen LogP contribution in [0.15, 0.2) is 41.3 Å². The van der Waals surface area contributed by atoms with Crippen LogP contribution in [0.1, 0.15) is 65.1 Å². The average Bonchev–Trinajstić information content (AvgIpc) is 2.99. The highest BCUT2D eigenvalue weighted by Gasteiger charge is 2.27. The number of likely N-dealkylation sites (N-methyl/N-ethyl adjacent to an activating group) is 1. The van der Waals surface area contributed by atoms with E-state index >= 15 is 0 Å². The van der Waals surface area contributed by atoms with Gasteiger partial charge in [-0.05, 0) is 102 Å². The molecule has 2 atom stereocenters. The SMILES string of the molecule is CCN(c1cc(-c2ccc(CN3CCN(C)CC3)nc2)cc(C(=O)NCc2c(C)cc(C)[nH]c2=O)c1C)C1CCNC(C)C1. The fourth-order valence-corrected chi connectivity index (χ4v) is 6.70. The van der Waals surface area contributed by atoms with Crippen molar-refractivity contribution in [3.8, 4) is 11.1 Å². The minimum Gasteiger partial charge on any atom is -0.368 e. The van der Waals surface area contributed by atoms with Crippen molar-refractivity contribution in [3.63, 3.8) is 0 Å². The second-order valence-corrected chi connectivity index (χ2v) is 12.7. The highest BCUT2D eigenvalue weighted by atomic mass is 16.1. The Balaban J connectivity index is 1.46. The minimum absolute atomic E-state index is 0.158. The van der Waals surface area contributed by atoms with Gasteiger partial charge in [-0.2, -0.15) is 0 Å². The van der Waals surface area contributed by atoms with Crippen LogP contribution in [0, 0.1) is 20.8 Å². The number of aromatic amines is 1. The predicted octanol–water partition coefficient (Wildman–Crippen LogP) is 4.01. The van der Waals surface area contributed by atoms with E-state index in [9.17, 15) is 9.59 Å². The number of pyridine rings is 2. The Labute approximate surface area is 262 Å². The Morgan fingerprint density at radius 2 is 1.86 bits per heavy atom. The average molecular weight is 600 g/mol. The number of carbonyl (C=O) groups is 1. The summed E-state index contributed by atoms with van der Waals surface area (Å²) in [5.74, 6) is -0.181. The van der Waals surface area contributed by atoms with Crippen molar-refractivity contribution in [1.82, 2.24) is 30.4 Å². The first kappa shape index (κ1) is 31.9. The van der Waals surface area contributed by atoms with E-state index in [2.05, 4.69) is 69.4 Å². The third kappa shape index (κ3) is 7.39. The largest absolute Gasteiger partial charge is 0.368 e. The molecule has 2 aromatic heterocycles. The van der Waals surface area contributed by atoms with Gasteiger partial charge in [0.1, 0.15) is 0 Å². The summed E-state index contributed by atoms with van der Waals surface area (Å²) in [6.45, 7) is 17.4. The lowest BCUT2D eigenvalue weighted by atomic mass is 9.94. The number of aryl methyl sites for hydroxylation is 2. The molecule has 5 rings (SSSR count). The number of anilines is 1. The van der Waals surface area contributed by atoms with Crippen molar-refractivity contribution in [2.45, 2.75) is 72.6 Å². The van der Waals surface area contributed by atoms with E-state index in [-0.39, 0.29) is 18.0 Å². The summed E-state index contributed by atoms with van der Waals surface area (Å²) >= 11 is 0. The lowest BCUT2D eigenvalue weighted by molar-refractivity contribution is 0.0950. The number of amides is 1. The van der Waals surface area contributed by atoms with Crippen molar-refractivity contribution >= 4 is 11.6 Å². The number of piperidine rings is 1. The quantitative estimate of drug-likeness (QED) is 0.342. The van der Waals surface area contributed by atoms with Gasteiger partial charge in [-0.1, -0.05) is 6.07 Å². The summed E-state index contributed by atoms with van der Waals surface area (Å²) in [5, 5.41) is 6.62. The number of aromatic nitrogens is 2. The van der Waals surface area contributed by atoms with Crippen LogP contribution in [0.3, 0.4) is 0 Å². The molecule has 0 spiro atoms. The van der Waals surface area contributed by atoms with Gasteiger partial charge in [-0.25, -0.2) is 0 Å². The molecule has 2 fully saturated rings. The van der Waals surface area contributed by atoms with Crippen LogP contribution in [0.25, 0.3) is 11.1 Å². The highest BCUT2D eigenvalue weighted by molar-refractivity contribution is 5.99. The van der Waals surface area contributed by atoms with Crippen molar-refractivity contribution in [1.29, 1.82) is 0 Å². The molecule has 0 saturated carbocycles. The zero-order valence-electron chi connectivity index (χ0n) is 27.3. The first-order valence-electron chi connectivity index (χ1n) is 16.1. The highest BCUT2D eigenvalue weighted by Crippen LogP contribution is 2.34. The molecule has 0 radical (unpaired) electrons. The maximum absolute atomic E-state index is 13.8. The molecule has 44 heavy (non-hydrogen) atoms. The molecular weight excluding hydrogens is 550 g/mol. The molecular formula is C35H49N7O2. The number of hydrogen-bond donors (Lipinski definition) is 3. The van der Waals surface area contributed by atoms with Gasteiger partial charge in [0.2, 0.25) is 0 Å². The summed E-state index contributed by atoms with van der Waals surface area (Å²) in [6.07, 6.45) is 4.05. The number of piperazine rings is 1. The Hall–Kier alpha value is -3.53. The van der Waals surface area contributed by atoms with Crippen LogP contribution in [0.5, 0.6) is 0 Å². The minimum atomic E-state index is -0.181. The van der Waals surface area contributed by atoms with E-state index in [4.69, 9.17) is 4.98 Å². The van der Waals surface area contributed by atoms with Crippen molar-refractivity contribution in [2.75, 3.05) is 51.2 Å². The maximum atomic E-state index is 13.8. The second kappa shape index (κ2) is 14.1.